The van der Waals surface area contributed by atoms with Gasteiger partial charge in [0, 0.05) is 24.2 Å². The van der Waals surface area contributed by atoms with Crippen molar-refractivity contribution in [1.82, 2.24) is 10.4 Å². The Bertz CT molecular complexity index is 317. The maximum absolute atomic E-state index is 5.88. The Labute approximate surface area is 103 Å². The molecule has 1 N–H and O–H groups in total. The second-order valence-corrected chi connectivity index (χ2v) is 4.89. The first-order valence-corrected chi connectivity index (χ1v) is 6.40. The quantitative estimate of drug-likeness (QED) is 0.869. The first-order valence-electron chi connectivity index (χ1n) is 6.02. The first-order chi connectivity index (χ1) is 7.75. The summed E-state index contributed by atoms with van der Waals surface area (Å²) in [5, 5.41) is 3.14. The van der Waals surface area contributed by atoms with E-state index in [0.717, 1.165) is 18.1 Å². The molecule has 0 radical (unpaired) electrons. The van der Waals surface area contributed by atoms with Gasteiger partial charge in [0.25, 0.3) is 0 Å². The summed E-state index contributed by atoms with van der Waals surface area (Å²) in [5.74, 6) is 0. The van der Waals surface area contributed by atoms with Gasteiger partial charge in [0.1, 0.15) is 0 Å². The number of rotatable bonds is 3. The van der Waals surface area contributed by atoms with Gasteiger partial charge >= 0.3 is 0 Å². The number of benzene rings is 1. The summed E-state index contributed by atoms with van der Waals surface area (Å²) in [7, 11) is 0. The zero-order chi connectivity index (χ0) is 11.4. The molecule has 1 heterocycles. The lowest BCUT2D eigenvalue weighted by Gasteiger charge is -2.30. The number of hydrogen-bond donors (Lipinski definition) is 1. The van der Waals surface area contributed by atoms with Crippen LogP contribution in [0.2, 0.25) is 5.02 Å². The van der Waals surface area contributed by atoms with Gasteiger partial charge in [0.05, 0.1) is 0 Å². The highest BCUT2D eigenvalue weighted by Crippen LogP contribution is 2.17. The number of piperidine rings is 1. The lowest BCUT2D eigenvalue weighted by Crippen LogP contribution is -2.42. The van der Waals surface area contributed by atoms with Gasteiger partial charge < -0.3 is 0 Å². The first kappa shape index (κ1) is 11.9. The third-order valence-electron chi connectivity index (χ3n) is 3.10. The summed E-state index contributed by atoms with van der Waals surface area (Å²) in [6, 6.07) is 8.43. The molecule has 1 aliphatic rings. The molecule has 2 nitrogen and oxygen atoms in total. The Morgan fingerprint density at radius 3 is 2.38 bits per heavy atom. The zero-order valence-corrected chi connectivity index (χ0v) is 10.5. The van der Waals surface area contributed by atoms with Crippen LogP contribution >= 0.6 is 11.6 Å². The minimum Gasteiger partial charge on any atom is -0.248 e. The SMILES string of the molecule is CC(NN1CCCCC1)c1ccc(Cl)cc1. The van der Waals surface area contributed by atoms with E-state index in [2.05, 4.69) is 29.5 Å². The molecule has 1 aromatic rings. The van der Waals surface area contributed by atoms with E-state index in [-0.39, 0.29) is 0 Å². The number of nitrogens with one attached hydrogen (secondary N) is 1. The topological polar surface area (TPSA) is 15.3 Å². The number of halogens is 1. The fourth-order valence-electron chi connectivity index (χ4n) is 2.12. The summed E-state index contributed by atoms with van der Waals surface area (Å²) in [5.41, 5.74) is 4.83. The number of hydrazine groups is 1. The largest absolute Gasteiger partial charge is 0.248 e. The molecule has 3 heteroatoms. The van der Waals surface area contributed by atoms with Crippen molar-refractivity contribution < 1.29 is 0 Å². The Kier molecular flexibility index (Phi) is 4.22. The molecule has 1 aromatic carbocycles. The molecule has 0 spiro atoms. The molecule has 1 atom stereocenters. The second-order valence-electron chi connectivity index (χ2n) is 4.45. The monoisotopic (exact) mass is 238 g/mol. The van der Waals surface area contributed by atoms with Crippen molar-refractivity contribution in [2.75, 3.05) is 13.1 Å². The van der Waals surface area contributed by atoms with Gasteiger partial charge in [-0.15, -0.1) is 0 Å². The zero-order valence-electron chi connectivity index (χ0n) is 9.75. The van der Waals surface area contributed by atoms with E-state index < -0.39 is 0 Å². The molecule has 0 bridgehead atoms. The minimum absolute atomic E-state index is 0.357. The van der Waals surface area contributed by atoms with Crippen LogP contribution < -0.4 is 5.43 Å². The van der Waals surface area contributed by atoms with Crippen LogP contribution in [0.1, 0.15) is 37.8 Å². The molecule has 1 unspecified atom stereocenters. The minimum atomic E-state index is 0.357. The van der Waals surface area contributed by atoms with E-state index in [1.807, 2.05) is 12.1 Å². The van der Waals surface area contributed by atoms with Crippen molar-refractivity contribution in [3.63, 3.8) is 0 Å². The van der Waals surface area contributed by atoms with Gasteiger partial charge in [-0.1, -0.05) is 30.2 Å². The third kappa shape index (κ3) is 3.21. The molecule has 1 fully saturated rings. The standard InChI is InChI=1S/C13H19ClN2/c1-11(12-5-7-13(14)8-6-12)15-16-9-3-2-4-10-16/h5-8,11,15H,2-4,9-10H2,1H3. The van der Waals surface area contributed by atoms with E-state index in [1.165, 1.54) is 24.8 Å². The molecular weight excluding hydrogens is 220 g/mol. The predicted molar refractivity (Wildman–Crippen MR) is 68.4 cm³/mol. The van der Waals surface area contributed by atoms with Crippen LogP contribution in [-0.4, -0.2) is 18.1 Å². The summed E-state index contributed by atoms with van der Waals surface area (Å²) in [6.45, 7) is 4.52. The normalized spacial score (nSPS) is 19.6. The average Bonchev–Trinajstić information content (AvgIpc) is 2.31. The maximum Gasteiger partial charge on any atom is 0.0436 e. The van der Waals surface area contributed by atoms with E-state index in [1.54, 1.807) is 0 Å². The molecule has 0 amide bonds. The fraction of sp³-hybridized carbons (Fsp3) is 0.538. The Morgan fingerprint density at radius 2 is 1.75 bits per heavy atom. The van der Waals surface area contributed by atoms with Crippen LogP contribution in [0, 0.1) is 0 Å². The Hall–Kier alpha value is -0.570. The van der Waals surface area contributed by atoms with Gasteiger partial charge in [-0.25, -0.2) is 10.4 Å². The highest BCUT2D eigenvalue weighted by molar-refractivity contribution is 6.30. The Morgan fingerprint density at radius 1 is 1.12 bits per heavy atom. The van der Waals surface area contributed by atoms with E-state index >= 15 is 0 Å². The number of nitrogens with zero attached hydrogens (tertiary/aromatic N) is 1. The molecule has 0 saturated carbocycles. The summed E-state index contributed by atoms with van der Waals surface area (Å²) in [4.78, 5) is 0. The lowest BCUT2D eigenvalue weighted by atomic mass is 10.1. The molecule has 0 aromatic heterocycles. The van der Waals surface area contributed by atoms with Gasteiger partial charge in [-0.2, -0.15) is 0 Å². The molecule has 1 aliphatic heterocycles. The maximum atomic E-state index is 5.88. The van der Waals surface area contributed by atoms with Crippen LogP contribution in [0.25, 0.3) is 0 Å². The predicted octanol–water partition coefficient (Wildman–Crippen LogP) is 3.39. The third-order valence-corrected chi connectivity index (χ3v) is 3.35. The van der Waals surface area contributed by atoms with Crippen molar-refractivity contribution in [3.8, 4) is 0 Å². The summed E-state index contributed by atoms with van der Waals surface area (Å²) in [6.07, 6.45) is 3.98. The molecule has 2 rings (SSSR count). The lowest BCUT2D eigenvalue weighted by molar-refractivity contribution is 0.133. The smallest absolute Gasteiger partial charge is 0.0436 e. The highest BCUT2D eigenvalue weighted by Gasteiger charge is 2.13. The van der Waals surface area contributed by atoms with Crippen LogP contribution in [0.15, 0.2) is 24.3 Å². The van der Waals surface area contributed by atoms with Crippen molar-refractivity contribution in [1.29, 1.82) is 0 Å². The summed E-state index contributed by atoms with van der Waals surface area (Å²) >= 11 is 5.88. The van der Waals surface area contributed by atoms with Crippen molar-refractivity contribution in [2.45, 2.75) is 32.2 Å². The van der Waals surface area contributed by atoms with E-state index in [0.29, 0.717) is 6.04 Å². The van der Waals surface area contributed by atoms with Gasteiger partial charge in [0.2, 0.25) is 0 Å². The van der Waals surface area contributed by atoms with E-state index in [9.17, 15) is 0 Å². The molecule has 1 saturated heterocycles. The van der Waals surface area contributed by atoms with E-state index in [4.69, 9.17) is 11.6 Å². The highest BCUT2D eigenvalue weighted by atomic mass is 35.5. The van der Waals surface area contributed by atoms with Gasteiger partial charge in [-0.3, -0.25) is 0 Å². The van der Waals surface area contributed by atoms with Crippen molar-refractivity contribution in [3.05, 3.63) is 34.9 Å². The van der Waals surface area contributed by atoms with Crippen LogP contribution in [0.5, 0.6) is 0 Å². The summed E-state index contributed by atoms with van der Waals surface area (Å²) < 4.78 is 0. The molecule has 16 heavy (non-hydrogen) atoms. The van der Waals surface area contributed by atoms with Crippen LogP contribution in [-0.2, 0) is 0 Å². The molecular formula is C13H19ClN2. The second kappa shape index (κ2) is 5.67. The molecule has 0 aliphatic carbocycles. The van der Waals surface area contributed by atoms with Crippen molar-refractivity contribution >= 4 is 11.6 Å². The number of hydrogen-bond acceptors (Lipinski definition) is 2. The van der Waals surface area contributed by atoms with Crippen molar-refractivity contribution in [2.24, 2.45) is 0 Å². The molecule has 88 valence electrons. The Balaban J connectivity index is 1.91. The van der Waals surface area contributed by atoms with Crippen LogP contribution in [0.3, 0.4) is 0 Å². The fourth-order valence-corrected chi connectivity index (χ4v) is 2.25. The van der Waals surface area contributed by atoms with Gasteiger partial charge in [0.15, 0.2) is 0 Å². The van der Waals surface area contributed by atoms with Gasteiger partial charge in [-0.05, 0) is 37.5 Å². The van der Waals surface area contributed by atoms with Crippen LogP contribution in [0.4, 0.5) is 0 Å². The average molecular weight is 239 g/mol.